The van der Waals surface area contributed by atoms with Crippen LogP contribution in [0.3, 0.4) is 0 Å². The number of carbonyl (C=O) groups is 2. The number of nitrogens with one attached hydrogen (secondary N) is 1. The molecule has 0 spiro atoms. The molecule has 1 heterocycles. The van der Waals surface area contributed by atoms with Gasteiger partial charge in [0.2, 0.25) is 15.9 Å². The van der Waals surface area contributed by atoms with Gasteiger partial charge in [-0.1, -0.05) is 6.07 Å². The zero-order valence-corrected chi connectivity index (χ0v) is 16.8. The number of benzene rings is 1. The number of sulfonamides is 1. The molecule has 9 heteroatoms. The molecule has 1 atom stereocenters. The molecule has 8 nitrogen and oxygen atoms in total. The summed E-state index contributed by atoms with van der Waals surface area (Å²) in [6.07, 6.45) is 1.99. The second-order valence-electron chi connectivity index (χ2n) is 6.57. The molecule has 27 heavy (non-hydrogen) atoms. The Hall–Kier alpha value is -1.97. The predicted octanol–water partition coefficient (Wildman–Crippen LogP) is 0.694. The zero-order chi connectivity index (χ0) is 20.0. The van der Waals surface area contributed by atoms with Crippen molar-refractivity contribution in [3.05, 3.63) is 29.8 Å². The minimum absolute atomic E-state index is 0.0278. The molecule has 0 aromatic heterocycles. The molecule has 1 fully saturated rings. The second kappa shape index (κ2) is 9.29. The maximum absolute atomic E-state index is 12.4. The highest BCUT2D eigenvalue weighted by Crippen LogP contribution is 2.15. The molecule has 2 amide bonds. The molecule has 1 aliphatic rings. The van der Waals surface area contributed by atoms with Crippen LogP contribution in [-0.2, 0) is 19.6 Å². The molecule has 0 aliphatic carbocycles. The number of hydrogen-bond donors (Lipinski definition) is 1. The highest BCUT2D eigenvalue weighted by Gasteiger charge is 2.22. The Morgan fingerprint density at radius 1 is 1.30 bits per heavy atom. The summed E-state index contributed by atoms with van der Waals surface area (Å²) in [4.78, 5) is 26.4. The quantitative estimate of drug-likeness (QED) is 0.696. The smallest absolute Gasteiger partial charge is 0.251 e. The number of nitrogens with zero attached hydrogens (tertiary/aromatic N) is 2. The molecule has 150 valence electrons. The van der Waals surface area contributed by atoms with E-state index in [4.69, 9.17) is 4.74 Å². The summed E-state index contributed by atoms with van der Waals surface area (Å²) >= 11 is 0. The van der Waals surface area contributed by atoms with Gasteiger partial charge in [-0.3, -0.25) is 9.59 Å². The van der Waals surface area contributed by atoms with E-state index in [1.807, 2.05) is 6.92 Å². The van der Waals surface area contributed by atoms with Crippen LogP contribution in [0.4, 0.5) is 0 Å². The Balaban J connectivity index is 1.97. The lowest BCUT2D eigenvalue weighted by molar-refractivity contribution is -0.131. The number of ether oxygens (including phenoxy) is 1. The predicted molar refractivity (Wildman–Crippen MR) is 101 cm³/mol. The third-order valence-corrected chi connectivity index (χ3v) is 6.27. The van der Waals surface area contributed by atoms with Crippen molar-refractivity contribution in [2.45, 2.75) is 30.8 Å². The topological polar surface area (TPSA) is 96.0 Å². The highest BCUT2D eigenvalue weighted by atomic mass is 32.2. The minimum Gasteiger partial charge on any atom is -0.376 e. The Morgan fingerprint density at radius 3 is 2.63 bits per heavy atom. The molecule has 2 rings (SSSR count). The van der Waals surface area contributed by atoms with Gasteiger partial charge in [-0.15, -0.1) is 0 Å². The summed E-state index contributed by atoms with van der Waals surface area (Å²) in [6, 6.07) is 5.75. The van der Waals surface area contributed by atoms with Crippen LogP contribution in [-0.4, -0.2) is 75.9 Å². The fourth-order valence-corrected chi connectivity index (χ4v) is 3.77. The van der Waals surface area contributed by atoms with Gasteiger partial charge in [-0.25, -0.2) is 12.7 Å². The third kappa shape index (κ3) is 5.50. The van der Waals surface area contributed by atoms with Crippen LogP contribution in [0.5, 0.6) is 0 Å². The standard InChI is InChI=1S/C18H27N3O5S/c1-4-21(13-15-8-6-10-26-15)17(22)12-19-18(23)14-7-5-9-16(11-14)27(24,25)20(2)3/h5,7,9,11,15H,4,6,8,10,12-13H2,1-3H3,(H,19,23). The van der Waals surface area contributed by atoms with Crippen LogP contribution < -0.4 is 5.32 Å². The van der Waals surface area contributed by atoms with Crippen molar-refractivity contribution >= 4 is 21.8 Å². The van der Waals surface area contributed by atoms with Gasteiger partial charge in [0.05, 0.1) is 17.5 Å². The van der Waals surface area contributed by atoms with Crippen molar-refractivity contribution < 1.29 is 22.7 Å². The van der Waals surface area contributed by atoms with E-state index < -0.39 is 15.9 Å². The summed E-state index contributed by atoms with van der Waals surface area (Å²) in [5.74, 6) is -0.689. The molecule has 0 radical (unpaired) electrons. The van der Waals surface area contributed by atoms with Crippen LogP contribution in [0.1, 0.15) is 30.1 Å². The number of amides is 2. The molecule has 1 saturated heterocycles. The zero-order valence-electron chi connectivity index (χ0n) is 16.0. The van der Waals surface area contributed by atoms with Crippen LogP contribution >= 0.6 is 0 Å². The summed E-state index contributed by atoms with van der Waals surface area (Å²) in [5.41, 5.74) is 0.188. The van der Waals surface area contributed by atoms with E-state index in [-0.39, 0.29) is 29.0 Å². The van der Waals surface area contributed by atoms with E-state index in [0.717, 1.165) is 23.8 Å². The van der Waals surface area contributed by atoms with Crippen LogP contribution in [0.2, 0.25) is 0 Å². The van der Waals surface area contributed by atoms with E-state index >= 15 is 0 Å². The van der Waals surface area contributed by atoms with Gasteiger partial charge in [-0.05, 0) is 38.0 Å². The molecular weight excluding hydrogens is 370 g/mol. The molecule has 1 N–H and O–H groups in total. The molecule has 0 saturated carbocycles. The maximum atomic E-state index is 12.4. The Morgan fingerprint density at radius 2 is 2.04 bits per heavy atom. The summed E-state index contributed by atoms with van der Waals surface area (Å²) in [6.45, 7) is 3.50. The van der Waals surface area contributed by atoms with Gasteiger partial charge in [0.15, 0.2) is 0 Å². The van der Waals surface area contributed by atoms with Gasteiger partial charge in [0.1, 0.15) is 0 Å². The average molecular weight is 397 g/mol. The van der Waals surface area contributed by atoms with Gasteiger partial charge in [0.25, 0.3) is 5.91 Å². The van der Waals surface area contributed by atoms with Gasteiger partial charge < -0.3 is 15.0 Å². The fraction of sp³-hybridized carbons (Fsp3) is 0.556. The molecule has 1 aromatic carbocycles. The van der Waals surface area contributed by atoms with E-state index in [1.165, 1.54) is 38.4 Å². The van der Waals surface area contributed by atoms with Crippen molar-refractivity contribution in [2.24, 2.45) is 0 Å². The lowest BCUT2D eigenvalue weighted by Gasteiger charge is -2.24. The minimum atomic E-state index is -3.63. The number of hydrogen-bond acceptors (Lipinski definition) is 5. The summed E-state index contributed by atoms with van der Waals surface area (Å²) in [7, 11) is -0.781. The van der Waals surface area contributed by atoms with E-state index in [2.05, 4.69) is 5.32 Å². The number of rotatable bonds is 8. The fourth-order valence-electron chi connectivity index (χ4n) is 2.82. The molecule has 0 bridgehead atoms. The monoisotopic (exact) mass is 397 g/mol. The first-order valence-corrected chi connectivity index (χ1v) is 10.4. The Bertz CT molecular complexity index is 773. The summed E-state index contributed by atoms with van der Waals surface area (Å²) in [5, 5.41) is 2.57. The van der Waals surface area contributed by atoms with Crippen molar-refractivity contribution in [2.75, 3.05) is 40.3 Å². The van der Waals surface area contributed by atoms with E-state index in [1.54, 1.807) is 4.90 Å². The van der Waals surface area contributed by atoms with Crippen molar-refractivity contribution in [1.29, 1.82) is 0 Å². The first-order valence-electron chi connectivity index (χ1n) is 8.96. The van der Waals surface area contributed by atoms with Crippen molar-refractivity contribution in [1.82, 2.24) is 14.5 Å². The number of carbonyl (C=O) groups excluding carboxylic acids is 2. The van der Waals surface area contributed by atoms with Crippen molar-refractivity contribution in [3.63, 3.8) is 0 Å². The largest absolute Gasteiger partial charge is 0.376 e. The Labute approximate surface area is 160 Å². The molecule has 1 aromatic rings. The van der Waals surface area contributed by atoms with Crippen LogP contribution in [0, 0.1) is 0 Å². The van der Waals surface area contributed by atoms with Gasteiger partial charge in [-0.2, -0.15) is 0 Å². The van der Waals surface area contributed by atoms with Crippen LogP contribution in [0.25, 0.3) is 0 Å². The lowest BCUT2D eigenvalue weighted by atomic mass is 10.2. The van der Waals surface area contributed by atoms with Gasteiger partial charge in [0, 0.05) is 39.4 Å². The molecular formula is C18H27N3O5S. The second-order valence-corrected chi connectivity index (χ2v) is 8.72. The number of likely N-dealkylation sites (N-methyl/N-ethyl adjacent to an activating group) is 1. The van der Waals surface area contributed by atoms with Crippen LogP contribution in [0.15, 0.2) is 29.2 Å². The molecule has 1 unspecified atom stereocenters. The normalized spacial score (nSPS) is 17.1. The average Bonchev–Trinajstić information content (AvgIpc) is 3.17. The third-order valence-electron chi connectivity index (χ3n) is 4.46. The van der Waals surface area contributed by atoms with E-state index in [0.29, 0.717) is 13.1 Å². The Kier molecular flexibility index (Phi) is 7.34. The highest BCUT2D eigenvalue weighted by molar-refractivity contribution is 7.89. The SMILES string of the molecule is CCN(CC1CCCO1)C(=O)CNC(=O)c1cccc(S(=O)(=O)N(C)C)c1. The first-order chi connectivity index (χ1) is 12.8. The molecule has 1 aliphatic heterocycles. The lowest BCUT2D eigenvalue weighted by Crippen LogP contribution is -2.43. The maximum Gasteiger partial charge on any atom is 0.251 e. The summed E-state index contributed by atoms with van der Waals surface area (Å²) < 4.78 is 31.0. The van der Waals surface area contributed by atoms with E-state index in [9.17, 15) is 18.0 Å². The van der Waals surface area contributed by atoms with Crippen molar-refractivity contribution in [3.8, 4) is 0 Å². The first kappa shape index (κ1) is 21.3. The van der Waals surface area contributed by atoms with Gasteiger partial charge >= 0.3 is 0 Å².